The lowest BCUT2D eigenvalue weighted by Gasteiger charge is -2.24. The molecule has 2 rings (SSSR count). The van der Waals surface area contributed by atoms with Crippen molar-refractivity contribution in [3.63, 3.8) is 0 Å². The fourth-order valence-corrected chi connectivity index (χ4v) is 2.68. The summed E-state index contributed by atoms with van der Waals surface area (Å²) in [6.45, 7) is 7.18. The van der Waals surface area contributed by atoms with E-state index >= 15 is 0 Å². The largest absolute Gasteiger partial charge is 0.481 e. The number of rotatable bonds is 2. The minimum absolute atomic E-state index is 0.148. The van der Waals surface area contributed by atoms with E-state index < -0.39 is 5.97 Å². The van der Waals surface area contributed by atoms with Gasteiger partial charge < -0.3 is 9.67 Å². The molecule has 100 valence electrons. The van der Waals surface area contributed by atoms with E-state index in [0.717, 1.165) is 17.9 Å². The Bertz CT molecular complexity index is 474. The molecule has 0 radical (unpaired) electrons. The molecule has 0 amide bonds. The number of carboxylic acid groups (broad SMARTS) is 1. The number of carbonyl (C=O) groups is 1. The molecule has 0 aromatic carbocycles. The predicted molar refractivity (Wildman–Crippen MR) is 69.8 cm³/mol. The first-order valence-electron chi connectivity index (χ1n) is 6.24. The smallest absolute Gasteiger partial charge is 0.306 e. The van der Waals surface area contributed by atoms with E-state index in [4.69, 9.17) is 16.7 Å². The Kier molecular flexibility index (Phi) is 3.41. The van der Waals surface area contributed by atoms with E-state index in [1.165, 1.54) is 0 Å². The van der Waals surface area contributed by atoms with Crippen molar-refractivity contribution in [2.75, 3.05) is 0 Å². The maximum Gasteiger partial charge on any atom is 0.306 e. The highest BCUT2D eigenvalue weighted by atomic mass is 35.5. The van der Waals surface area contributed by atoms with Crippen LogP contribution in [0.2, 0.25) is 5.15 Å². The van der Waals surface area contributed by atoms with Gasteiger partial charge in [-0.3, -0.25) is 4.79 Å². The van der Waals surface area contributed by atoms with Crippen molar-refractivity contribution >= 4 is 17.6 Å². The SMILES string of the molecule is CC(C)(C)Cc1nc(Cl)c2n1CCC(C(=O)O)C2. The van der Waals surface area contributed by atoms with Crippen LogP contribution < -0.4 is 0 Å². The maximum atomic E-state index is 11.0. The quantitative estimate of drug-likeness (QED) is 0.899. The fraction of sp³-hybridized carbons (Fsp3) is 0.692. The maximum absolute atomic E-state index is 11.0. The summed E-state index contributed by atoms with van der Waals surface area (Å²) < 4.78 is 2.10. The van der Waals surface area contributed by atoms with Gasteiger partial charge in [0.1, 0.15) is 5.82 Å². The summed E-state index contributed by atoms with van der Waals surface area (Å²) in [6, 6.07) is 0. The summed E-state index contributed by atoms with van der Waals surface area (Å²) in [7, 11) is 0. The molecule has 1 aromatic heterocycles. The Labute approximate surface area is 112 Å². The molecule has 1 aliphatic heterocycles. The standard InChI is InChI=1S/C13H19ClN2O2/c1-13(2,3)7-10-15-11(14)9-6-8(12(17)18)4-5-16(9)10/h8H,4-7H2,1-3H3,(H,17,18). The summed E-state index contributed by atoms with van der Waals surface area (Å²) in [5, 5.41) is 9.55. The molecule has 4 nitrogen and oxygen atoms in total. The minimum Gasteiger partial charge on any atom is -0.481 e. The third-order valence-corrected chi connectivity index (χ3v) is 3.58. The average Bonchev–Trinajstić information content (AvgIpc) is 2.53. The van der Waals surface area contributed by atoms with E-state index in [1.54, 1.807) is 0 Å². The van der Waals surface area contributed by atoms with E-state index in [9.17, 15) is 4.79 Å². The van der Waals surface area contributed by atoms with Crippen molar-refractivity contribution in [1.29, 1.82) is 0 Å². The molecular weight excluding hydrogens is 252 g/mol. The van der Waals surface area contributed by atoms with Gasteiger partial charge in [-0.25, -0.2) is 4.98 Å². The number of aromatic nitrogens is 2. The fourth-order valence-electron chi connectivity index (χ4n) is 2.40. The molecule has 1 atom stereocenters. The zero-order chi connectivity index (χ0) is 13.5. The third kappa shape index (κ3) is 2.69. The van der Waals surface area contributed by atoms with Crippen molar-refractivity contribution in [2.45, 2.75) is 46.6 Å². The van der Waals surface area contributed by atoms with Crippen molar-refractivity contribution in [1.82, 2.24) is 9.55 Å². The van der Waals surface area contributed by atoms with Crippen LogP contribution in [0.25, 0.3) is 0 Å². The van der Waals surface area contributed by atoms with Crippen LogP contribution in [0.3, 0.4) is 0 Å². The van der Waals surface area contributed by atoms with Gasteiger partial charge in [0, 0.05) is 19.4 Å². The number of aliphatic carboxylic acids is 1. The second-order valence-electron chi connectivity index (χ2n) is 6.18. The number of imidazole rings is 1. The second kappa shape index (κ2) is 4.57. The van der Waals surface area contributed by atoms with Gasteiger partial charge in [0.15, 0.2) is 5.15 Å². The van der Waals surface area contributed by atoms with Gasteiger partial charge in [0.2, 0.25) is 0 Å². The Morgan fingerprint density at radius 2 is 2.22 bits per heavy atom. The van der Waals surface area contributed by atoms with Gasteiger partial charge in [-0.2, -0.15) is 0 Å². The zero-order valence-electron chi connectivity index (χ0n) is 11.0. The lowest BCUT2D eigenvalue weighted by Crippen LogP contribution is -2.27. The topological polar surface area (TPSA) is 55.1 Å². The number of nitrogens with zero attached hydrogens (tertiary/aromatic N) is 2. The molecule has 1 unspecified atom stereocenters. The van der Waals surface area contributed by atoms with Crippen LogP contribution in [0.5, 0.6) is 0 Å². The molecule has 0 aliphatic carbocycles. The average molecular weight is 271 g/mol. The summed E-state index contributed by atoms with van der Waals surface area (Å²) in [5.41, 5.74) is 1.03. The monoisotopic (exact) mass is 270 g/mol. The molecule has 5 heteroatoms. The second-order valence-corrected chi connectivity index (χ2v) is 6.54. The number of carboxylic acids is 1. The number of hydrogen-bond acceptors (Lipinski definition) is 2. The molecule has 18 heavy (non-hydrogen) atoms. The number of hydrogen-bond donors (Lipinski definition) is 1. The van der Waals surface area contributed by atoms with Crippen molar-refractivity contribution in [3.8, 4) is 0 Å². The van der Waals surface area contributed by atoms with Crippen LogP contribution in [-0.2, 0) is 24.2 Å². The number of fused-ring (bicyclic) bond motifs is 1. The van der Waals surface area contributed by atoms with E-state index in [-0.39, 0.29) is 11.3 Å². The summed E-state index contributed by atoms with van der Waals surface area (Å²) in [5.74, 6) is -0.0867. The van der Waals surface area contributed by atoms with Crippen LogP contribution in [0.15, 0.2) is 0 Å². The van der Waals surface area contributed by atoms with Gasteiger partial charge in [-0.1, -0.05) is 32.4 Å². The van der Waals surface area contributed by atoms with Crippen molar-refractivity contribution < 1.29 is 9.90 Å². The molecule has 0 spiro atoms. The van der Waals surface area contributed by atoms with Gasteiger partial charge in [-0.15, -0.1) is 0 Å². The number of halogens is 1. The Balaban J connectivity index is 2.29. The Morgan fingerprint density at radius 1 is 1.56 bits per heavy atom. The highest BCUT2D eigenvalue weighted by molar-refractivity contribution is 6.30. The molecule has 0 saturated heterocycles. The van der Waals surface area contributed by atoms with Crippen LogP contribution in [-0.4, -0.2) is 20.6 Å². The first-order chi connectivity index (χ1) is 8.28. The summed E-state index contributed by atoms with van der Waals surface area (Å²) in [4.78, 5) is 15.4. The first kappa shape index (κ1) is 13.4. The molecule has 1 aromatic rings. The Hall–Kier alpha value is -1.03. The Morgan fingerprint density at radius 3 is 2.78 bits per heavy atom. The minimum atomic E-state index is -0.740. The lowest BCUT2D eigenvalue weighted by molar-refractivity contribution is -0.142. The van der Waals surface area contributed by atoms with Crippen molar-refractivity contribution in [3.05, 3.63) is 16.7 Å². The molecular formula is C13H19ClN2O2. The van der Waals surface area contributed by atoms with Crippen LogP contribution in [0, 0.1) is 11.3 Å². The summed E-state index contributed by atoms with van der Waals surface area (Å²) in [6.07, 6.45) is 2.00. The van der Waals surface area contributed by atoms with Crippen LogP contribution >= 0.6 is 11.6 Å². The van der Waals surface area contributed by atoms with E-state index in [2.05, 4.69) is 30.3 Å². The zero-order valence-corrected chi connectivity index (χ0v) is 11.8. The highest BCUT2D eigenvalue weighted by Crippen LogP contribution is 2.30. The molecule has 1 N–H and O–H groups in total. The van der Waals surface area contributed by atoms with Gasteiger partial charge in [0.05, 0.1) is 11.6 Å². The van der Waals surface area contributed by atoms with E-state index in [1.807, 2.05) is 0 Å². The van der Waals surface area contributed by atoms with Gasteiger partial charge in [-0.05, 0) is 11.8 Å². The predicted octanol–water partition coefficient (Wildman–Crippen LogP) is 2.77. The lowest BCUT2D eigenvalue weighted by atomic mass is 9.91. The third-order valence-electron chi connectivity index (χ3n) is 3.28. The normalized spacial score (nSPS) is 19.7. The van der Waals surface area contributed by atoms with Gasteiger partial charge in [0.25, 0.3) is 0 Å². The van der Waals surface area contributed by atoms with E-state index in [0.29, 0.717) is 24.5 Å². The molecule has 2 heterocycles. The highest BCUT2D eigenvalue weighted by Gasteiger charge is 2.29. The first-order valence-corrected chi connectivity index (χ1v) is 6.62. The molecule has 0 saturated carbocycles. The molecule has 0 bridgehead atoms. The molecule has 0 fully saturated rings. The van der Waals surface area contributed by atoms with Crippen LogP contribution in [0.1, 0.15) is 38.7 Å². The molecule has 1 aliphatic rings. The van der Waals surface area contributed by atoms with Gasteiger partial charge >= 0.3 is 5.97 Å². The summed E-state index contributed by atoms with van der Waals surface area (Å²) >= 11 is 6.14. The van der Waals surface area contributed by atoms with Crippen LogP contribution in [0.4, 0.5) is 0 Å². The van der Waals surface area contributed by atoms with Crippen molar-refractivity contribution in [2.24, 2.45) is 11.3 Å².